The fraction of sp³-hybridized carbons (Fsp3) is 1.00. The molecular weight excluding hydrogens is 168 g/mol. The van der Waals surface area contributed by atoms with Gasteiger partial charge in [0.2, 0.25) is 0 Å². The van der Waals surface area contributed by atoms with Gasteiger partial charge in [-0.3, -0.25) is 0 Å². The zero-order valence-corrected chi connectivity index (χ0v) is 8.82. The molecule has 0 bridgehead atoms. The molecule has 0 aromatic carbocycles. The maximum absolute atomic E-state index is 4.25. The van der Waals surface area contributed by atoms with Crippen molar-refractivity contribution in [3.8, 4) is 0 Å². The minimum Gasteiger partial charge on any atom is -0.317 e. The first kappa shape index (κ1) is 10.4. The Hall–Kier alpha value is 0.270. The molecule has 12 heavy (non-hydrogen) atoms. The van der Waals surface area contributed by atoms with E-state index in [0.29, 0.717) is 0 Å². The topological polar surface area (TPSA) is 15.3 Å². The summed E-state index contributed by atoms with van der Waals surface area (Å²) in [5.41, 5.74) is 0. The van der Waals surface area contributed by atoms with Gasteiger partial charge in [0.25, 0.3) is 0 Å². The highest BCUT2D eigenvalue weighted by Crippen LogP contribution is 2.11. The van der Waals surface area contributed by atoms with Crippen LogP contribution in [0.3, 0.4) is 0 Å². The summed E-state index contributed by atoms with van der Waals surface area (Å²) in [6.45, 7) is 3.50. The van der Waals surface area contributed by atoms with Gasteiger partial charge in [0, 0.05) is 18.3 Å². The lowest BCUT2D eigenvalue weighted by Crippen LogP contribution is -2.33. The van der Waals surface area contributed by atoms with E-state index in [1.165, 1.54) is 32.4 Å². The van der Waals surface area contributed by atoms with Crippen LogP contribution >= 0.6 is 12.6 Å². The van der Waals surface area contributed by atoms with Crippen molar-refractivity contribution < 1.29 is 0 Å². The molecule has 1 N–H and O–H groups in total. The van der Waals surface area contributed by atoms with Gasteiger partial charge in [0.05, 0.1) is 0 Å². The molecular formula is C9H20N2S. The second-order valence-electron chi connectivity index (χ2n) is 3.54. The summed E-state index contributed by atoms with van der Waals surface area (Å²) < 4.78 is 0. The molecule has 1 fully saturated rings. The SMILES string of the molecule is CN(CCS)C1CCCNCC1. The summed E-state index contributed by atoms with van der Waals surface area (Å²) in [6.07, 6.45) is 3.96. The molecule has 1 atom stereocenters. The molecule has 2 nitrogen and oxygen atoms in total. The van der Waals surface area contributed by atoms with E-state index in [0.717, 1.165) is 18.3 Å². The van der Waals surface area contributed by atoms with Crippen molar-refractivity contribution >= 4 is 12.6 Å². The smallest absolute Gasteiger partial charge is 0.0105 e. The molecule has 72 valence electrons. The van der Waals surface area contributed by atoms with Crippen molar-refractivity contribution in [3.63, 3.8) is 0 Å². The van der Waals surface area contributed by atoms with Gasteiger partial charge in [-0.1, -0.05) is 0 Å². The first-order valence-corrected chi connectivity index (χ1v) is 5.49. The van der Waals surface area contributed by atoms with E-state index in [9.17, 15) is 0 Å². The van der Waals surface area contributed by atoms with E-state index in [2.05, 4.69) is 29.9 Å². The molecule has 1 unspecified atom stereocenters. The second kappa shape index (κ2) is 5.84. The number of thiol groups is 1. The molecule has 0 aromatic heterocycles. The molecule has 0 saturated carbocycles. The summed E-state index contributed by atoms with van der Waals surface area (Å²) in [5, 5.41) is 3.43. The van der Waals surface area contributed by atoms with Crippen LogP contribution in [0.25, 0.3) is 0 Å². The maximum Gasteiger partial charge on any atom is 0.0105 e. The Balaban J connectivity index is 2.27. The lowest BCUT2D eigenvalue weighted by molar-refractivity contribution is 0.238. The highest BCUT2D eigenvalue weighted by atomic mass is 32.1. The predicted octanol–water partition coefficient (Wildman–Crippen LogP) is 0.990. The van der Waals surface area contributed by atoms with Crippen molar-refractivity contribution in [3.05, 3.63) is 0 Å². The normalized spacial score (nSPS) is 25.8. The minimum absolute atomic E-state index is 0.784. The Kier molecular flexibility index (Phi) is 5.04. The van der Waals surface area contributed by atoms with Crippen molar-refractivity contribution in [2.75, 3.05) is 32.4 Å². The summed E-state index contributed by atoms with van der Waals surface area (Å²) in [4.78, 5) is 2.44. The Morgan fingerprint density at radius 3 is 3.00 bits per heavy atom. The molecule has 0 amide bonds. The summed E-state index contributed by atoms with van der Waals surface area (Å²) >= 11 is 4.25. The molecule has 1 rings (SSSR count). The molecule has 1 aliphatic heterocycles. The molecule has 1 heterocycles. The lowest BCUT2D eigenvalue weighted by atomic mass is 10.1. The van der Waals surface area contributed by atoms with Crippen molar-refractivity contribution in [2.45, 2.75) is 25.3 Å². The molecule has 0 radical (unpaired) electrons. The monoisotopic (exact) mass is 188 g/mol. The summed E-state index contributed by atoms with van der Waals surface area (Å²) in [5.74, 6) is 0.973. The summed E-state index contributed by atoms with van der Waals surface area (Å²) in [6, 6.07) is 0.784. The number of rotatable bonds is 3. The van der Waals surface area contributed by atoms with Crippen LogP contribution in [0, 0.1) is 0 Å². The molecule has 1 aliphatic rings. The van der Waals surface area contributed by atoms with Gasteiger partial charge in [-0.05, 0) is 39.4 Å². The molecule has 1 saturated heterocycles. The van der Waals surface area contributed by atoms with Gasteiger partial charge in [0.1, 0.15) is 0 Å². The van der Waals surface area contributed by atoms with Gasteiger partial charge in [-0.25, -0.2) is 0 Å². The van der Waals surface area contributed by atoms with E-state index in [1.54, 1.807) is 0 Å². The van der Waals surface area contributed by atoms with Crippen LogP contribution in [0.5, 0.6) is 0 Å². The standard InChI is InChI=1S/C9H20N2S/c1-11(7-8-12)9-3-2-5-10-6-4-9/h9-10,12H,2-8H2,1H3. The quantitative estimate of drug-likeness (QED) is 0.642. The van der Waals surface area contributed by atoms with Crippen LogP contribution in [0.15, 0.2) is 0 Å². The first-order chi connectivity index (χ1) is 5.84. The number of nitrogens with one attached hydrogen (secondary N) is 1. The summed E-state index contributed by atoms with van der Waals surface area (Å²) in [7, 11) is 2.21. The number of nitrogens with zero attached hydrogens (tertiary/aromatic N) is 1. The van der Waals surface area contributed by atoms with E-state index in [4.69, 9.17) is 0 Å². The van der Waals surface area contributed by atoms with E-state index >= 15 is 0 Å². The van der Waals surface area contributed by atoms with E-state index in [1.807, 2.05) is 0 Å². The van der Waals surface area contributed by atoms with E-state index < -0.39 is 0 Å². The maximum atomic E-state index is 4.25. The van der Waals surface area contributed by atoms with Gasteiger partial charge in [0.15, 0.2) is 0 Å². The second-order valence-corrected chi connectivity index (χ2v) is 3.99. The van der Waals surface area contributed by atoms with Gasteiger partial charge < -0.3 is 10.2 Å². The molecule has 0 aromatic rings. The van der Waals surface area contributed by atoms with Crippen LogP contribution in [0.2, 0.25) is 0 Å². The Morgan fingerprint density at radius 2 is 2.25 bits per heavy atom. The Labute approximate surface area is 81.1 Å². The van der Waals surface area contributed by atoms with Crippen LogP contribution in [0.1, 0.15) is 19.3 Å². The van der Waals surface area contributed by atoms with E-state index in [-0.39, 0.29) is 0 Å². The van der Waals surface area contributed by atoms with Crippen molar-refractivity contribution in [1.29, 1.82) is 0 Å². The zero-order valence-electron chi connectivity index (χ0n) is 7.92. The van der Waals surface area contributed by atoms with Gasteiger partial charge >= 0.3 is 0 Å². The van der Waals surface area contributed by atoms with Crippen LogP contribution in [0.4, 0.5) is 0 Å². The molecule has 0 aliphatic carbocycles. The van der Waals surface area contributed by atoms with Gasteiger partial charge in [-0.15, -0.1) is 0 Å². The lowest BCUT2D eigenvalue weighted by Gasteiger charge is -2.25. The van der Waals surface area contributed by atoms with Crippen LogP contribution in [-0.2, 0) is 0 Å². The third-order valence-electron chi connectivity index (χ3n) is 2.62. The highest BCUT2D eigenvalue weighted by Gasteiger charge is 2.15. The minimum atomic E-state index is 0.784. The Morgan fingerprint density at radius 1 is 1.42 bits per heavy atom. The molecule has 3 heteroatoms. The third kappa shape index (κ3) is 3.33. The fourth-order valence-corrected chi connectivity index (χ4v) is 2.10. The average molecular weight is 188 g/mol. The number of hydrogen-bond acceptors (Lipinski definition) is 3. The average Bonchev–Trinajstić information content (AvgIpc) is 2.32. The Bertz CT molecular complexity index is 111. The zero-order chi connectivity index (χ0) is 8.81. The highest BCUT2D eigenvalue weighted by molar-refractivity contribution is 7.80. The van der Waals surface area contributed by atoms with Crippen LogP contribution in [-0.4, -0.2) is 43.4 Å². The first-order valence-electron chi connectivity index (χ1n) is 4.86. The van der Waals surface area contributed by atoms with Crippen molar-refractivity contribution in [1.82, 2.24) is 10.2 Å². The number of hydrogen-bond donors (Lipinski definition) is 2. The predicted molar refractivity (Wildman–Crippen MR) is 57.0 cm³/mol. The third-order valence-corrected chi connectivity index (χ3v) is 2.82. The van der Waals surface area contributed by atoms with Crippen LogP contribution < -0.4 is 5.32 Å². The fourth-order valence-electron chi connectivity index (χ4n) is 1.78. The largest absolute Gasteiger partial charge is 0.317 e. The van der Waals surface area contributed by atoms with Crippen molar-refractivity contribution in [2.24, 2.45) is 0 Å². The molecule has 0 spiro atoms. The van der Waals surface area contributed by atoms with Gasteiger partial charge in [-0.2, -0.15) is 12.6 Å².